The first kappa shape index (κ1) is 11.4. The van der Waals surface area contributed by atoms with Gasteiger partial charge in [0.2, 0.25) is 0 Å². The average molecular weight is 211 g/mol. The van der Waals surface area contributed by atoms with Gasteiger partial charge in [-0.25, -0.2) is 0 Å². The van der Waals surface area contributed by atoms with Crippen LogP contribution in [0.25, 0.3) is 0 Å². The second-order valence-electron chi connectivity index (χ2n) is 5.49. The quantitative estimate of drug-likeness (QED) is 0.732. The van der Waals surface area contributed by atoms with Crippen molar-refractivity contribution in [2.75, 3.05) is 13.2 Å². The van der Waals surface area contributed by atoms with Gasteiger partial charge in [-0.15, -0.1) is 0 Å². The third-order valence-electron chi connectivity index (χ3n) is 4.39. The minimum Gasteiger partial charge on any atom is -0.396 e. The molecular formula is C13H25NO. The molecule has 0 bridgehead atoms. The molecule has 2 rings (SSSR count). The molecule has 0 aliphatic heterocycles. The highest BCUT2D eigenvalue weighted by Gasteiger charge is 2.36. The summed E-state index contributed by atoms with van der Waals surface area (Å²) in [6.07, 6.45) is 12.0. The van der Waals surface area contributed by atoms with Crippen molar-refractivity contribution in [3.63, 3.8) is 0 Å². The van der Waals surface area contributed by atoms with Crippen molar-refractivity contribution in [3.8, 4) is 0 Å². The number of aliphatic hydroxyl groups excluding tert-OH is 1. The lowest BCUT2D eigenvalue weighted by Crippen LogP contribution is -2.53. The molecule has 0 amide bonds. The molecule has 2 aliphatic carbocycles. The maximum atomic E-state index is 9.06. The molecule has 0 heterocycles. The van der Waals surface area contributed by atoms with E-state index in [-0.39, 0.29) is 0 Å². The molecule has 15 heavy (non-hydrogen) atoms. The third kappa shape index (κ3) is 2.94. The van der Waals surface area contributed by atoms with E-state index in [2.05, 4.69) is 5.32 Å². The predicted octanol–water partition coefficient (Wildman–Crippen LogP) is 2.46. The SMILES string of the molecule is OCCC1(NCC2CCCCC2)CCC1. The molecule has 0 saturated heterocycles. The van der Waals surface area contributed by atoms with E-state index in [4.69, 9.17) is 5.11 Å². The second kappa shape index (κ2) is 5.31. The Morgan fingerprint density at radius 2 is 1.80 bits per heavy atom. The molecule has 2 N–H and O–H groups in total. The predicted molar refractivity (Wildman–Crippen MR) is 62.9 cm³/mol. The van der Waals surface area contributed by atoms with Crippen LogP contribution in [0.15, 0.2) is 0 Å². The summed E-state index contributed by atoms with van der Waals surface area (Å²) in [5, 5.41) is 12.8. The van der Waals surface area contributed by atoms with Gasteiger partial charge in [0, 0.05) is 12.1 Å². The highest BCUT2D eigenvalue weighted by Crippen LogP contribution is 2.35. The molecule has 2 aliphatic rings. The summed E-state index contributed by atoms with van der Waals surface area (Å²) in [6, 6.07) is 0. The fourth-order valence-electron chi connectivity index (χ4n) is 3.08. The van der Waals surface area contributed by atoms with Gasteiger partial charge >= 0.3 is 0 Å². The zero-order chi connectivity index (χ0) is 10.6. The van der Waals surface area contributed by atoms with Crippen LogP contribution in [0.2, 0.25) is 0 Å². The zero-order valence-corrected chi connectivity index (χ0v) is 9.80. The Morgan fingerprint density at radius 3 is 2.33 bits per heavy atom. The fourth-order valence-corrected chi connectivity index (χ4v) is 3.08. The van der Waals surface area contributed by atoms with E-state index >= 15 is 0 Å². The molecule has 2 fully saturated rings. The average Bonchev–Trinajstić information content (AvgIpc) is 2.23. The van der Waals surface area contributed by atoms with Gasteiger partial charge in [0.05, 0.1) is 0 Å². The highest BCUT2D eigenvalue weighted by atomic mass is 16.3. The van der Waals surface area contributed by atoms with Crippen molar-refractivity contribution in [2.45, 2.75) is 63.3 Å². The van der Waals surface area contributed by atoms with Crippen molar-refractivity contribution in [1.29, 1.82) is 0 Å². The molecule has 0 unspecified atom stereocenters. The molecule has 2 saturated carbocycles. The van der Waals surface area contributed by atoms with Crippen molar-refractivity contribution in [1.82, 2.24) is 5.32 Å². The van der Waals surface area contributed by atoms with Crippen LogP contribution in [-0.4, -0.2) is 23.8 Å². The van der Waals surface area contributed by atoms with Gasteiger partial charge in [0.1, 0.15) is 0 Å². The molecule has 0 aromatic carbocycles. The van der Waals surface area contributed by atoms with E-state index in [1.165, 1.54) is 57.9 Å². The molecule has 0 spiro atoms. The van der Waals surface area contributed by atoms with E-state index < -0.39 is 0 Å². The fraction of sp³-hybridized carbons (Fsp3) is 1.00. The minimum absolute atomic E-state index is 0.326. The summed E-state index contributed by atoms with van der Waals surface area (Å²) in [5.41, 5.74) is 0.326. The normalized spacial score (nSPS) is 26.2. The first-order valence-electron chi connectivity index (χ1n) is 6.71. The first-order chi connectivity index (χ1) is 7.35. The number of hydrogen-bond acceptors (Lipinski definition) is 2. The van der Waals surface area contributed by atoms with Gasteiger partial charge in [-0.3, -0.25) is 0 Å². The van der Waals surface area contributed by atoms with Gasteiger partial charge in [-0.1, -0.05) is 19.3 Å². The van der Waals surface area contributed by atoms with Gasteiger partial charge in [-0.05, 0) is 51.0 Å². The summed E-state index contributed by atoms with van der Waals surface area (Å²) in [6.45, 7) is 1.54. The van der Waals surface area contributed by atoms with Crippen molar-refractivity contribution in [2.24, 2.45) is 5.92 Å². The summed E-state index contributed by atoms with van der Waals surface area (Å²) < 4.78 is 0. The number of aliphatic hydroxyl groups is 1. The smallest absolute Gasteiger partial charge is 0.0448 e. The van der Waals surface area contributed by atoms with Crippen LogP contribution in [0.4, 0.5) is 0 Å². The van der Waals surface area contributed by atoms with Crippen LogP contribution >= 0.6 is 0 Å². The van der Waals surface area contributed by atoms with Crippen molar-refractivity contribution in [3.05, 3.63) is 0 Å². The molecule has 0 radical (unpaired) electrons. The Kier molecular flexibility index (Phi) is 4.04. The van der Waals surface area contributed by atoms with Crippen LogP contribution in [0, 0.1) is 5.92 Å². The Hall–Kier alpha value is -0.0800. The van der Waals surface area contributed by atoms with E-state index in [0.717, 1.165) is 12.3 Å². The number of nitrogens with one attached hydrogen (secondary N) is 1. The van der Waals surface area contributed by atoms with Crippen LogP contribution in [0.1, 0.15) is 57.8 Å². The Morgan fingerprint density at radius 1 is 1.07 bits per heavy atom. The second-order valence-corrected chi connectivity index (χ2v) is 5.49. The molecule has 2 nitrogen and oxygen atoms in total. The summed E-state index contributed by atoms with van der Waals surface area (Å²) in [4.78, 5) is 0. The third-order valence-corrected chi connectivity index (χ3v) is 4.39. The van der Waals surface area contributed by atoms with E-state index in [0.29, 0.717) is 12.1 Å². The minimum atomic E-state index is 0.326. The summed E-state index contributed by atoms with van der Waals surface area (Å²) in [7, 11) is 0. The van der Waals surface area contributed by atoms with Gasteiger partial charge in [-0.2, -0.15) is 0 Å². The highest BCUT2D eigenvalue weighted by molar-refractivity contribution is 4.96. The van der Waals surface area contributed by atoms with E-state index in [1.54, 1.807) is 0 Å². The molecule has 2 heteroatoms. The van der Waals surface area contributed by atoms with Crippen molar-refractivity contribution < 1.29 is 5.11 Å². The maximum absolute atomic E-state index is 9.06. The van der Waals surface area contributed by atoms with E-state index in [9.17, 15) is 0 Å². The lowest BCUT2D eigenvalue weighted by molar-refractivity contribution is 0.122. The Balaban J connectivity index is 1.70. The topological polar surface area (TPSA) is 32.3 Å². The van der Waals surface area contributed by atoms with Gasteiger partial charge in [0.15, 0.2) is 0 Å². The standard InChI is InChI=1S/C13H25NO/c15-10-9-13(7-4-8-13)14-11-12-5-2-1-3-6-12/h12,14-15H,1-11H2. The Labute approximate surface area is 93.5 Å². The molecular weight excluding hydrogens is 186 g/mol. The zero-order valence-electron chi connectivity index (χ0n) is 9.80. The maximum Gasteiger partial charge on any atom is 0.0448 e. The summed E-state index contributed by atoms with van der Waals surface area (Å²) >= 11 is 0. The van der Waals surface area contributed by atoms with Gasteiger partial charge in [0.25, 0.3) is 0 Å². The monoisotopic (exact) mass is 211 g/mol. The summed E-state index contributed by atoms with van der Waals surface area (Å²) in [5.74, 6) is 0.912. The number of hydrogen-bond donors (Lipinski definition) is 2. The van der Waals surface area contributed by atoms with Crippen LogP contribution in [0.5, 0.6) is 0 Å². The molecule has 0 aromatic heterocycles. The lowest BCUT2D eigenvalue weighted by atomic mass is 9.74. The Bertz CT molecular complexity index is 183. The van der Waals surface area contributed by atoms with Crippen LogP contribution < -0.4 is 5.32 Å². The van der Waals surface area contributed by atoms with Crippen LogP contribution in [-0.2, 0) is 0 Å². The van der Waals surface area contributed by atoms with Gasteiger partial charge < -0.3 is 10.4 Å². The lowest BCUT2D eigenvalue weighted by Gasteiger charge is -2.44. The molecule has 0 aromatic rings. The van der Waals surface area contributed by atoms with Crippen LogP contribution in [0.3, 0.4) is 0 Å². The largest absolute Gasteiger partial charge is 0.396 e. The van der Waals surface area contributed by atoms with E-state index in [1.807, 2.05) is 0 Å². The molecule has 88 valence electrons. The number of rotatable bonds is 5. The molecule has 0 atom stereocenters. The van der Waals surface area contributed by atoms with Crippen molar-refractivity contribution >= 4 is 0 Å². The first-order valence-corrected chi connectivity index (χ1v) is 6.71.